The van der Waals surface area contributed by atoms with Gasteiger partial charge >= 0.3 is 5.97 Å². The van der Waals surface area contributed by atoms with Crippen LogP contribution in [0, 0.1) is 0 Å². The lowest BCUT2D eigenvalue weighted by molar-refractivity contribution is -0.154. The van der Waals surface area contributed by atoms with Crippen LogP contribution in [0.1, 0.15) is 40.0 Å². The second-order valence-corrected chi connectivity index (χ2v) is 12.0. The Morgan fingerprint density at radius 1 is 1.33 bits per heavy atom. The van der Waals surface area contributed by atoms with Crippen molar-refractivity contribution in [3.05, 3.63) is 0 Å². The number of methoxy groups -OCH3 is 2. The lowest BCUT2D eigenvalue weighted by atomic mass is 9.96. The summed E-state index contributed by atoms with van der Waals surface area (Å²) in [6.45, 7) is 10.8. The van der Waals surface area contributed by atoms with Crippen LogP contribution in [0.4, 0.5) is 0 Å². The summed E-state index contributed by atoms with van der Waals surface area (Å²) in [5.74, 6) is -0.503. The van der Waals surface area contributed by atoms with Crippen molar-refractivity contribution >= 4 is 20.1 Å². The normalized spacial score (nSPS) is 27.0. The van der Waals surface area contributed by atoms with Gasteiger partial charge in [-0.1, -0.05) is 20.8 Å². The van der Waals surface area contributed by atoms with Gasteiger partial charge in [-0.2, -0.15) is 0 Å². The molecule has 1 rings (SSSR count). The minimum atomic E-state index is -1.95. The fraction of sp³-hybridized carbons (Fsp3) is 0.867. The maximum absolute atomic E-state index is 12.3. The van der Waals surface area contributed by atoms with Gasteiger partial charge in [-0.3, -0.25) is 9.59 Å². The molecule has 0 aromatic carbocycles. The summed E-state index contributed by atoms with van der Waals surface area (Å²) in [7, 11) is 0.835. The zero-order valence-corrected chi connectivity index (χ0v) is 15.2. The Labute approximate surface area is 128 Å². The molecule has 0 heterocycles. The average molecular weight is 316 g/mol. The van der Waals surface area contributed by atoms with Gasteiger partial charge in [0.15, 0.2) is 14.1 Å². The van der Waals surface area contributed by atoms with Gasteiger partial charge in [0.2, 0.25) is 0 Å². The van der Waals surface area contributed by atoms with E-state index >= 15 is 0 Å². The van der Waals surface area contributed by atoms with E-state index in [0.29, 0.717) is 12.8 Å². The van der Waals surface area contributed by atoms with Crippen molar-refractivity contribution in [1.29, 1.82) is 0 Å². The Kier molecular flexibility index (Phi) is 5.39. The summed E-state index contributed by atoms with van der Waals surface area (Å²) in [6, 6.07) is 0. The summed E-state index contributed by atoms with van der Waals surface area (Å²) in [5, 5.41) is 0.0801. The number of ketones is 1. The van der Waals surface area contributed by atoms with Crippen LogP contribution >= 0.6 is 0 Å². The molecule has 1 unspecified atom stereocenters. The summed E-state index contributed by atoms with van der Waals surface area (Å²) in [4.78, 5) is 23.9. The minimum absolute atomic E-state index is 0.0454. The molecule has 0 aromatic rings. The predicted molar refractivity (Wildman–Crippen MR) is 82.7 cm³/mol. The van der Waals surface area contributed by atoms with E-state index in [1.807, 2.05) is 0 Å². The molecule has 2 atom stereocenters. The van der Waals surface area contributed by atoms with Crippen molar-refractivity contribution < 1.29 is 23.5 Å². The zero-order chi connectivity index (χ0) is 16.5. The van der Waals surface area contributed by atoms with Gasteiger partial charge in [0.05, 0.1) is 19.6 Å². The molecule has 1 saturated carbocycles. The molecule has 21 heavy (non-hydrogen) atoms. The molecule has 1 aliphatic carbocycles. The molecule has 0 aliphatic heterocycles. The maximum atomic E-state index is 12.3. The van der Waals surface area contributed by atoms with E-state index in [4.69, 9.17) is 9.16 Å². The van der Waals surface area contributed by atoms with Crippen LogP contribution in [0.5, 0.6) is 0 Å². The first-order valence-electron chi connectivity index (χ1n) is 7.30. The van der Waals surface area contributed by atoms with Crippen LogP contribution in [0.3, 0.4) is 0 Å². The fourth-order valence-corrected chi connectivity index (χ4v) is 3.72. The predicted octanol–water partition coefficient (Wildman–Crippen LogP) is 2.69. The quantitative estimate of drug-likeness (QED) is 0.576. The Morgan fingerprint density at radius 2 is 1.90 bits per heavy atom. The van der Waals surface area contributed by atoms with Gasteiger partial charge in [0.25, 0.3) is 0 Å². The highest BCUT2D eigenvalue weighted by molar-refractivity contribution is 6.74. The van der Waals surface area contributed by atoms with Gasteiger partial charge < -0.3 is 13.9 Å². The number of carbonyl (C=O) groups is 2. The molecule has 5 nitrogen and oxygen atoms in total. The first-order chi connectivity index (χ1) is 9.47. The molecule has 0 radical (unpaired) electrons. The van der Waals surface area contributed by atoms with Crippen LogP contribution in [-0.4, -0.2) is 46.0 Å². The number of Topliss-reactive ketones (excluding diaryl/α,β-unsaturated/α-hetero) is 1. The van der Waals surface area contributed by atoms with Gasteiger partial charge in [-0.25, -0.2) is 0 Å². The van der Waals surface area contributed by atoms with Crippen molar-refractivity contribution in [1.82, 2.24) is 0 Å². The molecule has 0 saturated heterocycles. The molecule has 0 N–H and O–H groups in total. The number of hydrogen-bond acceptors (Lipinski definition) is 5. The molecular weight excluding hydrogens is 288 g/mol. The Morgan fingerprint density at radius 3 is 2.33 bits per heavy atom. The topological polar surface area (TPSA) is 61.8 Å². The van der Waals surface area contributed by atoms with E-state index < -0.39 is 19.9 Å². The first-order valence-corrected chi connectivity index (χ1v) is 10.2. The highest BCUT2D eigenvalue weighted by atomic mass is 28.4. The minimum Gasteiger partial charge on any atom is -0.469 e. The second kappa shape index (κ2) is 6.18. The highest BCUT2D eigenvalue weighted by Crippen LogP contribution is 2.42. The highest BCUT2D eigenvalue weighted by Gasteiger charge is 2.51. The van der Waals surface area contributed by atoms with Crippen LogP contribution in [0.15, 0.2) is 0 Å². The van der Waals surface area contributed by atoms with E-state index in [0.717, 1.165) is 0 Å². The van der Waals surface area contributed by atoms with Crippen molar-refractivity contribution in [3.8, 4) is 0 Å². The fourth-order valence-electron chi connectivity index (χ4n) is 2.37. The first kappa shape index (κ1) is 18.3. The van der Waals surface area contributed by atoms with Crippen molar-refractivity contribution in [2.45, 2.75) is 69.9 Å². The van der Waals surface area contributed by atoms with E-state index in [-0.39, 0.29) is 23.3 Å². The molecule has 0 bridgehead atoms. The Bertz CT molecular complexity index is 413. The van der Waals surface area contributed by atoms with Crippen molar-refractivity contribution in [3.63, 3.8) is 0 Å². The average Bonchev–Trinajstić information content (AvgIpc) is 2.63. The van der Waals surface area contributed by atoms with Gasteiger partial charge in [0.1, 0.15) is 5.60 Å². The Balaban J connectivity index is 2.84. The zero-order valence-electron chi connectivity index (χ0n) is 14.2. The van der Waals surface area contributed by atoms with E-state index in [1.54, 1.807) is 0 Å². The smallest absolute Gasteiger partial charge is 0.308 e. The van der Waals surface area contributed by atoms with E-state index in [9.17, 15) is 9.59 Å². The molecular formula is C15H28O5Si. The van der Waals surface area contributed by atoms with Gasteiger partial charge in [0, 0.05) is 20.0 Å². The molecule has 0 aromatic heterocycles. The Hall–Kier alpha value is -0.723. The summed E-state index contributed by atoms with van der Waals surface area (Å²) in [5.41, 5.74) is -1.08. The van der Waals surface area contributed by atoms with Crippen LogP contribution in [-0.2, 0) is 23.5 Å². The molecule has 0 amide bonds. The third-order valence-electron chi connectivity index (χ3n) is 4.79. The number of ether oxygens (including phenoxy) is 2. The van der Waals surface area contributed by atoms with E-state index in [2.05, 4.69) is 38.6 Å². The van der Waals surface area contributed by atoms with Gasteiger partial charge in [-0.15, -0.1) is 0 Å². The number of esters is 1. The molecule has 0 spiro atoms. The van der Waals surface area contributed by atoms with Crippen LogP contribution < -0.4 is 0 Å². The number of rotatable bonds is 5. The van der Waals surface area contributed by atoms with E-state index in [1.165, 1.54) is 14.2 Å². The van der Waals surface area contributed by atoms with Crippen molar-refractivity contribution in [2.75, 3.05) is 14.2 Å². The summed E-state index contributed by atoms with van der Waals surface area (Å²) < 4.78 is 16.4. The van der Waals surface area contributed by atoms with Crippen molar-refractivity contribution in [2.24, 2.45) is 0 Å². The molecule has 122 valence electrons. The monoisotopic (exact) mass is 316 g/mol. The van der Waals surface area contributed by atoms with Crippen LogP contribution in [0.25, 0.3) is 0 Å². The number of carbonyl (C=O) groups excluding carboxylic acids is 2. The van der Waals surface area contributed by atoms with Crippen LogP contribution in [0.2, 0.25) is 18.1 Å². The lowest BCUT2D eigenvalue weighted by Crippen LogP contribution is -2.44. The van der Waals surface area contributed by atoms with Gasteiger partial charge in [-0.05, 0) is 18.1 Å². The number of hydrogen-bond donors (Lipinski definition) is 0. The summed E-state index contributed by atoms with van der Waals surface area (Å²) in [6.07, 6.45) is 0.500. The lowest BCUT2D eigenvalue weighted by Gasteiger charge is -2.38. The molecule has 1 fully saturated rings. The summed E-state index contributed by atoms with van der Waals surface area (Å²) >= 11 is 0. The third-order valence-corrected chi connectivity index (χ3v) is 9.33. The standard InChI is InChI=1S/C15H28O5Si/c1-14(2,3)21(6,7)20-11-8-12(16)15(9-11,19-5)10-13(17)18-4/h11H,8-10H2,1-7H3/t11-,15?/m1/s1. The largest absolute Gasteiger partial charge is 0.469 e. The maximum Gasteiger partial charge on any atom is 0.308 e. The second-order valence-electron chi connectivity index (χ2n) is 7.28. The molecule has 1 aliphatic rings. The third kappa shape index (κ3) is 3.93. The molecule has 6 heteroatoms. The SMILES string of the molecule is COC(=O)CC1(OC)C[C@H](O[Si](C)(C)C(C)(C)C)CC1=O.